The molecule has 0 aliphatic heterocycles. The summed E-state index contributed by atoms with van der Waals surface area (Å²) >= 11 is 0. The van der Waals surface area contributed by atoms with Crippen LogP contribution in [0, 0.1) is 11.8 Å². The molecule has 3 aliphatic carbocycles. The van der Waals surface area contributed by atoms with Crippen LogP contribution in [0.2, 0.25) is 0 Å². The molecule has 6 atom stereocenters. The van der Waals surface area contributed by atoms with Crippen molar-refractivity contribution < 1.29 is 4.79 Å². The molecule has 0 heterocycles. The summed E-state index contributed by atoms with van der Waals surface area (Å²) in [5, 5.41) is 0. The largest absolute Gasteiger partial charge is 0.326 e. The van der Waals surface area contributed by atoms with Crippen LogP contribution in [0.5, 0.6) is 0 Å². The van der Waals surface area contributed by atoms with Crippen LogP contribution >= 0.6 is 0 Å². The molecule has 0 amide bonds. The Labute approximate surface area is 108 Å². The maximum Gasteiger partial charge on any atom is 0.169 e. The van der Waals surface area contributed by atoms with Crippen LogP contribution in [-0.4, -0.2) is 30.0 Å². The van der Waals surface area contributed by atoms with Gasteiger partial charge in [-0.3, -0.25) is 10.2 Å². The third-order valence-corrected chi connectivity index (χ3v) is 5.07. The van der Waals surface area contributed by atoms with E-state index in [0.29, 0.717) is 12.5 Å². The molecule has 0 saturated heterocycles. The maximum absolute atomic E-state index is 12.0. The molecule has 0 radical (unpaired) electrons. The Bertz CT molecular complexity index is 335. The normalized spacial score (nSPS) is 47.8. The first-order chi connectivity index (χ1) is 8.65. The Hall–Kier alpha value is -0.490. The highest BCUT2D eigenvalue weighted by Crippen LogP contribution is 2.44. The maximum atomic E-state index is 12.0. The van der Waals surface area contributed by atoms with Crippen LogP contribution in [0.1, 0.15) is 38.5 Å². The number of hydrazine groups is 1. The summed E-state index contributed by atoms with van der Waals surface area (Å²) in [7, 11) is 0. The fraction of sp³-hybridized carbons (Fsp3) is 0.923. The lowest BCUT2D eigenvalue weighted by Crippen LogP contribution is -2.63. The van der Waals surface area contributed by atoms with Gasteiger partial charge in [0.15, 0.2) is 5.78 Å². The van der Waals surface area contributed by atoms with E-state index >= 15 is 0 Å². The number of carbonyl (C=O) groups is 1. The van der Waals surface area contributed by atoms with E-state index < -0.39 is 0 Å². The second-order valence-electron chi connectivity index (χ2n) is 6.30. The number of nitrogens with one attached hydrogen (secondary N) is 2. The summed E-state index contributed by atoms with van der Waals surface area (Å²) < 4.78 is 0. The molecule has 0 aromatic carbocycles. The molecule has 6 N–H and O–H groups in total. The average molecular weight is 252 g/mol. The quantitative estimate of drug-likeness (QED) is 0.515. The molecule has 6 unspecified atom stereocenters. The van der Waals surface area contributed by atoms with Crippen molar-refractivity contribution in [1.29, 1.82) is 0 Å². The zero-order valence-corrected chi connectivity index (χ0v) is 10.8. The zero-order valence-electron chi connectivity index (χ0n) is 10.8. The fourth-order valence-corrected chi connectivity index (χ4v) is 3.92. The van der Waals surface area contributed by atoms with Gasteiger partial charge in [0.2, 0.25) is 0 Å². The molecule has 0 spiro atoms. The van der Waals surface area contributed by atoms with Gasteiger partial charge in [-0.1, -0.05) is 6.42 Å². The molecule has 3 fully saturated rings. The van der Waals surface area contributed by atoms with Crippen molar-refractivity contribution in [3.8, 4) is 0 Å². The van der Waals surface area contributed by atoms with Crippen molar-refractivity contribution >= 4 is 5.78 Å². The number of nitrogens with two attached hydrogens (primary N) is 2. The van der Waals surface area contributed by atoms with Gasteiger partial charge in [-0.25, -0.2) is 5.43 Å². The molecule has 5 nitrogen and oxygen atoms in total. The molecule has 0 aromatic rings. The molecule has 102 valence electrons. The predicted octanol–water partition coefficient (Wildman–Crippen LogP) is -0.345. The summed E-state index contributed by atoms with van der Waals surface area (Å²) in [6.45, 7) is 0. The minimum absolute atomic E-state index is 0.0596. The SMILES string of the molecule is NC1CCC(N)C(NNC2CC3CCC2C3)C1=O. The van der Waals surface area contributed by atoms with E-state index in [4.69, 9.17) is 11.5 Å². The summed E-state index contributed by atoms with van der Waals surface area (Å²) in [6.07, 6.45) is 6.84. The number of carbonyl (C=O) groups excluding carboxylic acids is 1. The third kappa shape index (κ3) is 2.20. The Kier molecular flexibility index (Phi) is 3.40. The van der Waals surface area contributed by atoms with Crippen molar-refractivity contribution in [1.82, 2.24) is 10.9 Å². The highest BCUT2D eigenvalue weighted by atomic mass is 16.1. The lowest BCUT2D eigenvalue weighted by Gasteiger charge is -2.34. The van der Waals surface area contributed by atoms with Gasteiger partial charge in [0.05, 0.1) is 12.1 Å². The van der Waals surface area contributed by atoms with E-state index in [1.807, 2.05) is 0 Å². The van der Waals surface area contributed by atoms with Gasteiger partial charge in [0, 0.05) is 12.1 Å². The zero-order chi connectivity index (χ0) is 12.7. The summed E-state index contributed by atoms with van der Waals surface area (Å²) in [6, 6.07) is -0.248. The van der Waals surface area contributed by atoms with Gasteiger partial charge in [0.25, 0.3) is 0 Å². The Balaban J connectivity index is 1.54. The molecule has 3 rings (SSSR count). The monoisotopic (exact) mass is 252 g/mol. The molecule has 3 saturated carbocycles. The number of hydrogen-bond donors (Lipinski definition) is 4. The van der Waals surface area contributed by atoms with Crippen molar-refractivity contribution in [2.75, 3.05) is 0 Å². The number of rotatable bonds is 3. The van der Waals surface area contributed by atoms with Crippen LogP contribution in [0.3, 0.4) is 0 Å². The standard InChI is InChI=1S/C13H24N4O/c14-9-3-4-10(15)13(18)12(9)17-16-11-6-7-1-2-8(11)5-7/h7-12,16-17H,1-6,14-15H2. The van der Waals surface area contributed by atoms with Crippen LogP contribution in [0.25, 0.3) is 0 Å². The molecule has 0 aromatic heterocycles. The first-order valence-corrected chi connectivity index (χ1v) is 7.21. The first-order valence-electron chi connectivity index (χ1n) is 7.21. The number of Topliss-reactive ketones (excluding diaryl/α,β-unsaturated/α-hetero) is 1. The van der Waals surface area contributed by atoms with Gasteiger partial charge in [-0.05, 0) is 43.9 Å². The lowest BCUT2D eigenvalue weighted by molar-refractivity contribution is -0.124. The Morgan fingerprint density at radius 3 is 2.50 bits per heavy atom. The summed E-state index contributed by atoms with van der Waals surface area (Å²) in [4.78, 5) is 12.0. The number of ketones is 1. The van der Waals surface area contributed by atoms with Crippen LogP contribution in [0.15, 0.2) is 0 Å². The number of fused-ring (bicyclic) bond motifs is 2. The lowest BCUT2D eigenvalue weighted by atomic mass is 9.87. The molecular formula is C13H24N4O. The van der Waals surface area contributed by atoms with E-state index in [-0.39, 0.29) is 23.9 Å². The predicted molar refractivity (Wildman–Crippen MR) is 69.5 cm³/mol. The minimum Gasteiger partial charge on any atom is -0.326 e. The van der Waals surface area contributed by atoms with E-state index in [0.717, 1.165) is 18.3 Å². The second-order valence-corrected chi connectivity index (χ2v) is 6.30. The highest BCUT2D eigenvalue weighted by molar-refractivity contribution is 5.90. The molecule has 18 heavy (non-hydrogen) atoms. The summed E-state index contributed by atoms with van der Waals surface area (Å²) in [5.41, 5.74) is 18.3. The van der Waals surface area contributed by atoms with Gasteiger partial charge < -0.3 is 11.5 Å². The minimum atomic E-state index is -0.343. The van der Waals surface area contributed by atoms with Crippen molar-refractivity contribution in [3.63, 3.8) is 0 Å². The molecule has 2 bridgehead atoms. The summed E-state index contributed by atoms with van der Waals surface area (Å²) in [5.74, 6) is 1.74. The fourth-order valence-electron chi connectivity index (χ4n) is 3.92. The van der Waals surface area contributed by atoms with E-state index in [1.54, 1.807) is 0 Å². The van der Waals surface area contributed by atoms with Crippen LogP contribution in [-0.2, 0) is 4.79 Å². The van der Waals surface area contributed by atoms with Crippen molar-refractivity contribution in [3.05, 3.63) is 0 Å². The van der Waals surface area contributed by atoms with E-state index in [9.17, 15) is 4.79 Å². The third-order valence-electron chi connectivity index (χ3n) is 5.07. The number of hydrogen-bond acceptors (Lipinski definition) is 5. The van der Waals surface area contributed by atoms with E-state index in [2.05, 4.69) is 10.9 Å². The molecule has 3 aliphatic rings. The molecule has 5 heteroatoms. The van der Waals surface area contributed by atoms with Gasteiger partial charge in [0.1, 0.15) is 0 Å². The topological polar surface area (TPSA) is 93.2 Å². The Morgan fingerprint density at radius 1 is 1.00 bits per heavy atom. The van der Waals surface area contributed by atoms with Crippen LogP contribution in [0.4, 0.5) is 0 Å². The first kappa shape index (κ1) is 12.5. The van der Waals surface area contributed by atoms with Gasteiger partial charge >= 0.3 is 0 Å². The smallest absolute Gasteiger partial charge is 0.169 e. The average Bonchev–Trinajstić information content (AvgIpc) is 2.96. The van der Waals surface area contributed by atoms with Gasteiger partial charge in [-0.2, -0.15) is 0 Å². The second kappa shape index (κ2) is 4.89. The Morgan fingerprint density at radius 2 is 1.83 bits per heavy atom. The van der Waals surface area contributed by atoms with E-state index in [1.165, 1.54) is 25.7 Å². The van der Waals surface area contributed by atoms with Crippen molar-refractivity contribution in [2.45, 2.75) is 62.7 Å². The molecular weight excluding hydrogens is 228 g/mol. The highest BCUT2D eigenvalue weighted by Gasteiger charge is 2.41. The van der Waals surface area contributed by atoms with Crippen LogP contribution < -0.4 is 22.3 Å². The van der Waals surface area contributed by atoms with Gasteiger partial charge in [-0.15, -0.1) is 0 Å². The van der Waals surface area contributed by atoms with Crippen molar-refractivity contribution in [2.24, 2.45) is 23.3 Å².